The molecule has 1 aliphatic carbocycles. The molecule has 0 aromatic rings. The van der Waals surface area contributed by atoms with E-state index in [0.717, 1.165) is 19.3 Å². The Morgan fingerprint density at radius 1 is 1.64 bits per heavy atom. The quantitative estimate of drug-likeness (QED) is 0.627. The number of aliphatic hydroxyl groups is 1. The van der Waals surface area contributed by atoms with Gasteiger partial charge in [0.2, 0.25) is 0 Å². The monoisotopic (exact) mass is 156 g/mol. The first-order valence-corrected chi connectivity index (χ1v) is 4.22. The Balaban J connectivity index is 2.17. The first-order valence-electron chi connectivity index (χ1n) is 4.22. The van der Waals surface area contributed by atoms with Crippen LogP contribution in [-0.2, 0) is 4.74 Å². The molecule has 64 valence electrons. The van der Waals surface area contributed by atoms with Crippen molar-refractivity contribution in [2.45, 2.75) is 31.8 Å². The predicted octanol–water partition coefficient (Wildman–Crippen LogP) is 1.49. The van der Waals surface area contributed by atoms with E-state index in [-0.39, 0.29) is 6.61 Å². The van der Waals surface area contributed by atoms with Crippen molar-refractivity contribution in [3.05, 3.63) is 12.2 Å². The highest BCUT2D eigenvalue weighted by Crippen LogP contribution is 2.23. The summed E-state index contributed by atoms with van der Waals surface area (Å²) in [6.45, 7) is 4.53. The van der Waals surface area contributed by atoms with E-state index < -0.39 is 0 Å². The molecule has 1 atom stereocenters. The summed E-state index contributed by atoms with van der Waals surface area (Å²) in [5, 5.41) is 8.52. The number of hydrogen-bond donors (Lipinski definition) is 1. The molecule has 0 radical (unpaired) electrons. The zero-order valence-electron chi connectivity index (χ0n) is 6.88. The van der Waals surface area contributed by atoms with Gasteiger partial charge in [-0.1, -0.05) is 12.2 Å². The van der Waals surface area contributed by atoms with Gasteiger partial charge in [0.15, 0.2) is 0 Å². The van der Waals surface area contributed by atoms with Crippen LogP contribution in [0.1, 0.15) is 25.7 Å². The highest BCUT2D eigenvalue weighted by Gasteiger charge is 2.15. The van der Waals surface area contributed by atoms with Gasteiger partial charge in [-0.15, -0.1) is 0 Å². The molecule has 0 aromatic heterocycles. The minimum Gasteiger partial charge on any atom is -0.394 e. The number of hydrogen-bond acceptors (Lipinski definition) is 2. The SMILES string of the molecule is C=C1CCCC(OCCO)C1. The van der Waals surface area contributed by atoms with Crippen LogP contribution in [0, 0.1) is 0 Å². The third-order valence-electron chi connectivity index (χ3n) is 2.02. The summed E-state index contributed by atoms with van der Waals surface area (Å²) in [7, 11) is 0. The summed E-state index contributed by atoms with van der Waals surface area (Å²) in [4.78, 5) is 0. The fraction of sp³-hybridized carbons (Fsp3) is 0.778. The Morgan fingerprint density at radius 2 is 2.45 bits per heavy atom. The minimum absolute atomic E-state index is 0.128. The summed E-state index contributed by atoms with van der Waals surface area (Å²) >= 11 is 0. The Labute approximate surface area is 67.9 Å². The van der Waals surface area contributed by atoms with Crippen LogP contribution in [0.15, 0.2) is 12.2 Å². The van der Waals surface area contributed by atoms with Gasteiger partial charge in [0.05, 0.1) is 19.3 Å². The van der Waals surface area contributed by atoms with Crippen molar-refractivity contribution in [3.8, 4) is 0 Å². The van der Waals surface area contributed by atoms with Crippen LogP contribution in [0.2, 0.25) is 0 Å². The van der Waals surface area contributed by atoms with Crippen LogP contribution in [0.5, 0.6) is 0 Å². The second kappa shape index (κ2) is 4.52. The fourth-order valence-electron chi connectivity index (χ4n) is 1.47. The molecule has 11 heavy (non-hydrogen) atoms. The molecular weight excluding hydrogens is 140 g/mol. The van der Waals surface area contributed by atoms with Crippen LogP contribution in [-0.4, -0.2) is 24.4 Å². The molecule has 1 aliphatic rings. The van der Waals surface area contributed by atoms with E-state index in [0.29, 0.717) is 12.7 Å². The van der Waals surface area contributed by atoms with Gasteiger partial charge in [0, 0.05) is 0 Å². The Kier molecular flexibility index (Phi) is 3.60. The predicted molar refractivity (Wildman–Crippen MR) is 44.4 cm³/mol. The van der Waals surface area contributed by atoms with Crippen LogP contribution in [0.25, 0.3) is 0 Å². The highest BCUT2D eigenvalue weighted by molar-refractivity contribution is 4.99. The summed E-state index contributed by atoms with van der Waals surface area (Å²) in [5.74, 6) is 0. The van der Waals surface area contributed by atoms with Gasteiger partial charge in [0.1, 0.15) is 0 Å². The summed E-state index contributed by atoms with van der Waals surface area (Å²) in [6.07, 6.45) is 4.77. The van der Waals surface area contributed by atoms with E-state index >= 15 is 0 Å². The number of ether oxygens (including phenoxy) is 1. The van der Waals surface area contributed by atoms with Crippen molar-refractivity contribution in [1.29, 1.82) is 0 Å². The lowest BCUT2D eigenvalue weighted by Gasteiger charge is -2.23. The third kappa shape index (κ3) is 3.04. The summed E-state index contributed by atoms with van der Waals surface area (Å²) in [5.41, 5.74) is 1.29. The number of rotatable bonds is 3. The van der Waals surface area contributed by atoms with Gasteiger partial charge < -0.3 is 9.84 Å². The van der Waals surface area contributed by atoms with Gasteiger partial charge in [-0.2, -0.15) is 0 Å². The molecule has 1 rings (SSSR count). The van der Waals surface area contributed by atoms with Crippen molar-refractivity contribution >= 4 is 0 Å². The van der Waals surface area contributed by atoms with E-state index in [1.807, 2.05) is 0 Å². The maximum Gasteiger partial charge on any atom is 0.0701 e. The molecule has 0 aromatic carbocycles. The zero-order valence-corrected chi connectivity index (χ0v) is 6.88. The molecule has 0 saturated heterocycles. The topological polar surface area (TPSA) is 29.5 Å². The molecule has 0 aliphatic heterocycles. The van der Waals surface area contributed by atoms with Crippen LogP contribution in [0.4, 0.5) is 0 Å². The molecule has 0 amide bonds. The van der Waals surface area contributed by atoms with Gasteiger partial charge in [-0.3, -0.25) is 0 Å². The molecule has 2 heteroatoms. The highest BCUT2D eigenvalue weighted by atomic mass is 16.5. The second-order valence-electron chi connectivity index (χ2n) is 3.06. The fourth-order valence-corrected chi connectivity index (χ4v) is 1.47. The molecule has 2 nitrogen and oxygen atoms in total. The van der Waals surface area contributed by atoms with E-state index in [2.05, 4.69) is 6.58 Å². The van der Waals surface area contributed by atoms with Crippen LogP contribution < -0.4 is 0 Å². The third-order valence-corrected chi connectivity index (χ3v) is 2.02. The average molecular weight is 156 g/mol. The summed E-state index contributed by atoms with van der Waals surface area (Å²) in [6, 6.07) is 0. The van der Waals surface area contributed by atoms with Crippen molar-refractivity contribution in [2.24, 2.45) is 0 Å². The largest absolute Gasteiger partial charge is 0.394 e. The maximum absolute atomic E-state index is 8.52. The maximum atomic E-state index is 8.52. The van der Waals surface area contributed by atoms with Gasteiger partial charge in [0.25, 0.3) is 0 Å². The molecule has 1 N–H and O–H groups in total. The Bertz CT molecular complexity index is 132. The van der Waals surface area contributed by atoms with Crippen molar-refractivity contribution in [2.75, 3.05) is 13.2 Å². The Hall–Kier alpha value is -0.340. The lowest BCUT2D eigenvalue weighted by Crippen LogP contribution is -2.19. The molecule has 0 bridgehead atoms. The van der Waals surface area contributed by atoms with Crippen LogP contribution in [0.3, 0.4) is 0 Å². The van der Waals surface area contributed by atoms with E-state index in [1.165, 1.54) is 12.0 Å². The number of aliphatic hydroxyl groups excluding tert-OH is 1. The van der Waals surface area contributed by atoms with Crippen LogP contribution >= 0.6 is 0 Å². The standard InChI is InChI=1S/C9H16O2/c1-8-3-2-4-9(7-8)11-6-5-10/h9-10H,1-7H2. The zero-order chi connectivity index (χ0) is 8.10. The normalized spacial score (nSPS) is 25.5. The van der Waals surface area contributed by atoms with Gasteiger partial charge in [-0.05, 0) is 25.7 Å². The van der Waals surface area contributed by atoms with Crippen molar-refractivity contribution in [3.63, 3.8) is 0 Å². The second-order valence-corrected chi connectivity index (χ2v) is 3.06. The van der Waals surface area contributed by atoms with Gasteiger partial charge in [-0.25, -0.2) is 0 Å². The molecule has 0 spiro atoms. The molecule has 1 fully saturated rings. The van der Waals surface area contributed by atoms with Crippen molar-refractivity contribution in [1.82, 2.24) is 0 Å². The van der Waals surface area contributed by atoms with E-state index in [1.54, 1.807) is 0 Å². The first-order chi connectivity index (χ1) is 5.33. The first kappa shape index (κ1) is 8.75. The molecule has 0 heterocycles. The summed E-state index contributed by atoms with van der Waals surface area (Å²) < 4.78 is 5.39. The lowest BCUT2D eigenvalue weighted by atomic mass is 9.94. The smallest absolute Gasteiger partial charge is 0.0701 e. The van der Waals surface area contributed by atoms with Crippen molar-refractivity contribution < 1.29 is 9.84 Å². The lowest BCUT2D eigenvalue weighted by molar-refractivity contribution is 0.0179. The van der Waals surface area contributed by atoms with Gasteiger partial charge >= 0.3 is 0 Å². The average Bonchev–Trinajstić information content (AvgIpc) is 2.01. The minimum atomic E-state index is 0.128. The van der Waals surface area contributed by atoms with E-state index in [4.69, 9.17) is 9.84 Å². The molecular formula is C9H16O2. The Morgan fingerprint density at radius 3 is 3.09 bits per heavy atom. The van der Waals surface area contributed by atoms with E-state index in [9.17, 15) is 0 Å². The molecule has 1 unspecified atom stereocenters. The molecule has 1 saturated carbocycles.